The lowest BCUT2D eigenvalue weighted by Gasteiger charge is -2.39. The van der Waals surface area contributed by atoms with E-state index in [0.717, 1.165) is 48.4 Å². The van der Waals surface area contributed by atoms with E-state index in [1.807, 2.05) is 19.2 Å². The number of nitrogens with zero attached hydrogens (tertiary/aromatic N) is 6. The molecule has 0 aliphatic carbocycles. The van der Waals surface area contributed by atoms with Crippen molar-refractivity contribution in [2.24, 2.45) is 0 Å². The molecule has 1 amide bonds. The summed E-state index contributed by atoms with van der Waals surface area (Å²) >= 11 is 1.68. The van der Waals surface area contributed by atoms with Gasteiger partial charge < -0.3 is 24.3 Å². The number of fused-ring (bicyclic) bond motifs is 2. The Bertz CT molecular complexity index is 1660. The Morgan fingerprint density at radius 3 is 2.80 bits per heavy atom. The van der Waals surface area contributed by atoms with Crippen molar-refractivity contribution in [3.8, 4) is 17.1 Å². The van der Waals surface area contributed by atoms with Gasteiger partial charge in [0.1, 0.15) is 29.8 Å². The highest BCUT2D eigenvalue weighted by atomic mass is 32.2. The highest BCUT2D eigenvalue weighted by Gasteiger charge is 2.36. The number of hydrogen-bond acceptors (Lipinski definition) is 7. The van der Waals surface area contributed by atoms with Crippen LogP contribution in [0.15, 0.2) is 41.6 Å². The zero-order valence-electron chi connectivity index (χ0n) is 24.5. The maximum atomic E-state index is 16.6. The smallest absolute Gasteiger partial charge is 0.319 e. The summed E-state index contributed by atoms with van der Waals surface area (Å²) in [5.74, 6) is -2.31. The number of benzene rings is 2. The fourth-order valence-corrected chi connectivity index (χ4v) is 7.50. The van der Waals surface area contributed by atoms with Crippen LogP contribution in [0.3, 0.4) is 0 Å². The van der Waals surface area contributed by atoms with Gasteiger partial charge in [-0.15, -0.1) is 11.8 Å². The van der Waals surface area contributed by atoms with Gasteiger partial charge in [0.2, 0.25) is 6.54 Å². The van der Waals surface area contributed by atoms with E-state index in [1.165, 1.54) is 11.0 Å². The number of piperazine rings is 1. The number of carbonyl (C=O) groups excluding carboxylic acids is 1. The third-order valence-electron chi connectivity index (χ3n) is 8.73. The molecule has 0 unspecified atom stereocenters. The van der Waals surface area contributed by atoms with E-state index >= 15 is 8.78 Å². The normalized spacial score (nSPS) is 20.4. The molecule has 3 aromatic rings. The molecule has 2 saturated heterocycles. The Morgan fingerprint density at radius 1 is 1.20 bits per heavy atom. The van der Waals surface area contributed by atoms with Crippen molar-refractivity contribution in [3.05, 3.63) is 65.3 Å². The minimum Gasteiger partial charge on any atom is -0.462 e. The molecule has 0 bridgehead atoms. The van der Waals surface area contributed by atoms with Gasteiger partial charge in [0.05, 0.1) is 5.56 Å². The van der Waals surface area contributed by atoms with Crippen molar-refractivity contribution >= 4 is 34.4 Å². The number of carbonyl (C=O) groups is 1. The highest BCUT2D eigenvalue weighted by molar-refractivity contribution is 7.99. The van der Waals surface area contributed by atoms with Gasteiger partial charge in [-0.1, -0.05) is 18.7 Å². The summed E-state index contributed by atoms with van der Waals surface area (Å²) in [6.45, 7) is 12.1. The number of rotatable bonds is 7. The quantitative estimate of drug-likeness (QED) is 0.255. The average molecular weight is 623 g/mol. The molecular weight excluding hydrogens is 589 g/mol. The predicted molar refractivity (Wildman–Crippen MR) is 165 cm³/mol. The van der Waals surface area contributed by atoms with Crippen molar-refractivity contribution < 1.29 is 22.7 Å². The highest BCUT2D eigenvalue weighted by Crippen LogP contribution is 2.41. The van der Waals surface area contributed by atoms with E-state index in [4.69, 9.17) is 11.3 Å². The Labute approximate surface area is 258 Å². The average Bonchev–Trinajstić information content (AvgIpc) is 3.44. The molecule has 6 rings (SSSR count). The first-order chi connectivity index (χ1) is 21.3. The third-order valence-corrected chi connectivity index (χ3v) is 9.91. The summed E-state index contributed by atoms with van der Waals surface area (Å²) in [6, 6.07) is 6.25. The summed E-state index contributed by atoms with van der Waals surface area (Å²) in [6.07, 6.45) is 3.64. The second-order valence-electron chi connectivity index (χ2n) is 11.4. The monoisotopic (exact) mass is 622 g/mol. The van der Waals surface area contributed by atoms with Crippen LogP contribution in [-0.4, -0.2) is 89.9 Å². The van der Waals surface area contributed by atoms with Crippen LogP contribution in [-0.2, 0) is 11.2 Å². The van der Waals surface area contributed by atoms with Crippen LogP contribution < -0.4 is 9.64 Å². The molecular formula is C32H33F3N6O2S. The fourth-order valence-electron chi connectivity index (χ4n) is 6.43. The lowest BCUT2D eigenvalue weighted by atomic mass is 9.94. The Morgan fingerprint density at radius 2 is 2.05 bits per heavy atom. The molecule has 230 valence electrons. The van der Waals surface area contributed by atoms with Crippen molar-refractivity contribution in [3.63, 3.8) is 0 Å². The number of amides is 1. The van der Waals surface area contributed by atoms with Crippen LogP contribution in [0.2, 0.25) is 0 Å². The summed E-state index contributed by atoms with van der Waals surface area (Å²) in [5.41, 5.74) is 1.23. The first kappa shape index (κ1) is 30.2. The first-order valence-corrected chi connectivity index (χ1v) is 15.8. The van der Waals surface area contributed by atoms with Crippen molar-refractivity contribution in [1.82, 2.24) is 19.8 Å². The van der Waals surface area contributed by atoms with E-state index in [1.54, 1.807) is 22.7 Å². The van der Waals surface area contributed by atoms with Crippen molar-refractivity contribution in [2.75, 3.05) is 57.0 Å². The second-order valence-corrected chi connectivity index (χ2v) is 12.6. The van der Waals surface area contributed by atoms with E-state index in [0.29, 0.717) is 12.2 Å². The summed E-state index contributed by atoms with van der Waals surface area (Å²) in [7, 11) is 2.02. The van der Waals surface area contributed by atoms with Crippen LogP contribution in [0.5, 0.6) is 6.01 Å². The molecule has 3 aliphatic heterocycles. The SMILES string of the molecule is [C-]#[N+]C[C@H]1CN(c2nc(OC[C@@H]3CCCN3C)nc3c(F)c(-c4cccc5c4CCCS5)c(F)cc23)CCN1C(=O)C(=C)F. The van der Waals surface area contributed by atoms with Crippen molar-refractivity contribution in [2.45, 2.75) is 42.7 Å². The van der Waals surface area contributed by atoms with Gasteiger partial charge in [0, 0.05) is 36.0 Å². The molecule has 4 heterocycles. The van der Waals surface area contributed by atoms with Gasteiger partial charge in [-0.3, -0.25) is 4.79 Å². The predicted octanol–water partition coefficient (Wildman–Crippen LogP) is 5.51. The molecule has 12 heteroatoms. The largest absolute Gasteiger partial charge is 0.462 e. The summed E-state index contributed by atoms with van der Waals surface area (Å²) in [4.78, 5) is 31.3. The van der Waals surface area contributed by atoms with Crippen LogP contribution in [0.4, 0.5) is 19.0 Å². The topological polar surface area (TPSA) is 66.2 Å². The van der Waals surface area contributed by atoms with Crippen LogP contribution in [0, 0.1) is 18.2 Å². The van der Waals surface area contributed by atoms with Gasteiger partial charge in [-0.05, 0) is 68.3 Å². The van der Waals surface area contributed by atoms with E-state index in [9.17, 15) is 9.18 Å². The standard InChI is InChI=1S/C32H33F3N6O2S/c1-19(33)31(42)41-13-12-40(17-21(41)16-36-2)30-24-15-25(34)27(23-8-4-10-26-22(23)9-6-14-44-26)28(35)29(24)37-32(38-30)43-18-20-7-5-11-39(20)3/h4,8,10,15,20-21H,1,5-7,9,11-14,16-18H2,3H3/t20-,21-/m0/s1. The maximum absolute atomic E-state index is 16.6. The molecule has 0 N–H and O–H groups in total. The number of anilines is 1. The van der Waals surface area contributed by atoms with Crippen LogP contribution >= 0.6 is 11.8 Å². The molecule has 3 aliphatic rings. The van der Waals surface area contributed by atoms with Gasteiger partial charge >= 0.3 is 6.01 Å². The molecule has 8 nitrogen and oxygen atoms in total. The molecule has 0 saturated carbocycles. The molecule has 0 radical (unpaired) electrons. The molecule has 2 aromatic carbocycles. The van der Waals surface area contributed by atoms with E-state index in [-0.39, 0.29) is 60.5 Å². The van der Waals surface area contributed by atoms with Gasteiger partial charge in [0.15, 0.2) is 11.6 Å². The Hall–Kier alpha value is -3.82. The number of likely N-dealkylation sites (N-methyl/N-ethyl adjacent to an activating group) is 1. The van der Waals surface area contributed by atoms with Crippen LogP contribution in [0.25, 0.3) is 26.9 Å². The maximum Gasteiger partial charge on any atom is 0.319 e. The van der Waals surface area contributed by atoms with Crippen molar-refractivity contribution in [1.29, 1.82) is 0 Å². The third kappa shape index (κ3) is 5.71. The number of ether oxygens (including phenoxy) is 1. The Kier molecular flexibility index (Phi) is 8.69. The number of thioether (sulfide) groups is 1. The van der Waals surface area contributed by atoms with Gasteiger partial charge in [-0.2, -0.15) is 9.97 Å². The zero-order chi connectivity index (χ0) is 31.0. The molecule has 44 heavy (non-hydrogen) atoms. The molecule has 1 aromatic heterocycles. The lowest BCUT2D eigenvalue weighted by molar-refractivity contribution is -0.131. The minimum atomic E-state index is -1.10. The number of hydrogen-bond donors (Lipinski definition) is 0. The van der Waals surface area contributed by atoms with E-state index in [2.05, 4.69) is 26.3 Å². The van der Waals surface area contributed by atoms with E-state index < -0.39 is 29.4 Å². The summed E-state index contributed by atoms with van der Waals surface area (Å²) < 4.78 is 52.5. The zero-order valence-corrected chi connectivity index (χ0v) is 25.3. The van der Waals surface area contributed by atoms with Gasteiger partial charge in [-0.25, -0.2) is 19.7 Å². The number of halogens is 3. The first-order valence-electron chi connectivity index (χ1n) is 14.8. The molecule has 0 spiro atoms. The fraction of sp³-hybridized carbons (Fsp3) is 0.438. The molecule has 2 fully saturated rings. The lowest BCUT2D eigenvalue weighted by Crippen LogP contribution is -2.56. The Balaban J connectivity index is 1.45. The number of likely N-dealkylation sites (tertiary alicyclic amines) is 1. The number of aromatic nitrogens is 2. The minimum absolute atomic E-state index is 0.0349. The summed E-state index contributed by atoms with van der Waals surface area (Å²) in [5, 5.41) is 0.157. The molecule has 2 atom stereocenters. The second kappa shape index (κ2) is 12.7. The van der Waals surface area contributed by atoms with Gasteiger partial charge in [0.25, 0.3) is 5.91 Å². The van der Waals surface area contributed by atoms with Crippen LogP contribution in [0.1, 0.15) is 24.8 Å².